The van der Waals surface area contributed by atoms with Crippen LogP contribution in [0.25, 0.3) is 0 Å². The summed E-state index contributed by atoms with van der Waals surface area (Å²) >= 11 is 0. The van der Waals surface area contributed by atoms with Gasteiger partial charge in [0.15, 0.2) is 0 Å². The van der Waals surface area contributed by atoms with Crippen molar-refractivity contribution in [3.63, 3.8) is 0 Å². The normalized spacial score (nSPS) is 38.0. The molecular weight excluding hydrogens is 184 g/mol. The Morgan fingerprint density at radius 2 is 2.13 bits per heavy atom. The maximum atomic E-state index is 3.55. The van der Waals surface area contributed by atoms with Crippen LogP contribution in [0.2, 0.25) is 0 Å². The van der Waals surface area contributed by atoms with E-state index in [0.29, 0.717) is 0 Å². The Labute approximate surface area is 94.4 Å². The second-order valence-corrected chi connectivity index (χ2v) is 5.68. The van der Waals surface area contributed by atoms with E-state index in [1.165, 1.54) is 39.0 Å². The molecule has 2 heteroatoms. The molecule has 2 aliphatic heterocycles. The number of hydrogen-bond donors (Lipinski definition) is 1. The summed E-state index contributed by atoms with van der Waals surface area (Å²) in [5.41, 5.74) is 0. The molecule has 0 amide bonds. The molecule has 0 radical (unpaired) electrons. The van der Waals surface area contributed by atoms with Crippen molar-refractivity contribution in [2.45, 2.75) is 39.7 Å². The predicted octanol–water partition coefficient (Wildman–Crippen LogP) is 1.96. The smallest absolute Gasteiger partial charge is 0.0260 e. The molecule has 88 valence electrons. The molecule has 2 heterocycles. The fourth-order valence-corrected chi connectivity index (χ4v) is 3.22. The maximum Gasteiger partial charge on any atom is 0.0260 e. The van der Waals surface area contributed by atoms with Crippen molar-refractivity contribution in [1.82, 2.24) is 10.2 Å². The topological polar surface area (TPSA) is 15.3 Å². The molecule has 2 aliphatic rings. The zero-order valence-electron chi connectivity index (χ0n) is 10.5. The summed E-state index contributed by atoms with van der Waals surface area (Å²) in [5, 5.41) is 3.55. The zero-order valence-corrected chi connectivity index (χ0v) is 10.5. The molecule has 2 fully saturated rings. The first kappa shape index (κ1) is 11.4. The van der Waals surface area contributed by atoms with E-state index >= 15 is 0 Å². The Morgan fingerprint density at radius 3 is 2.73 bits per heavy atom. The largest absolute Gasteiger partial charge is 0.315 e. The van der Waals surface area contributed by atoms with Gasteiger partial charge in [-0.1, -0.05) is 27.2 Å². The van der Waals surface area contributed by atoms with E-state index in [0.717, 1.165) is 23.8 Å². The quantitative estimate of drug-likeness (QED) is 0.766. The molecule has 15 heavy (non-hydrogen) atoms. The highest BCUT2D eigenvalue weighted by atomic mass is 15.2. The lowest BCUT2D eigenvalue weighted by Gasteiger charge is -2.28. The lowest BCUT2D eigenvalue weighted by atomic mass is 9.95. The average molecular weight is 210 g/mol. The van der Waals surface area contributed by atoms with Gasteiger partial charge in [-0.2, -0.15) is 0 Å². The third-order valence-corrected chi connectivity index (χ3v) is 4.50. The molecule has 2 nitrogen and oxygen atoms in total. The van der Waals surface area contributed by atoms with E-state index in [-0.39, 0.29) is 0 Å². The predicted molar refractivity (Wildman–Crippen MR) is 65.0 cm³/mol. The van der Waals surface area contributed by atoms with Gasteiger partial charge in [-0.15, -0.1) is 0 Å². The number of hydrogen-bond acceptors (Lipinski definition) is 2. The van der Waals surface area contributed by atoms with Gasteiger partial charge in [0, 0.05) is 19.1 Å². The summed E-state index contributed by atoms with van der Waals surface area (Å²) < 4.78 is 0. The minimum Gasteiger partial charge on any atom is -0.315 e. The Kier molecular flexibility index (Phi) is 3.68. The Hall–Kier alpha value is -0.0800. The van der Waals surface area contributed by atoms with Crippen LogP contribution in [0.3, 0.4) is 0 Å². The first-order valence-electron chi connectivity index (χ1n) is 6.67. The number of nitrogens with zero attached hydrogens (tertiary/aromatic N) is 1. The van der Waals surface area contributed by atoms with Gasteiger partial charge in [-0.25, -0.2) is 0 Å². The van der Waals surface area contributed by atoms with E-state index in [4.69, 9.17) is 0 Å². The van der Waals surface area contributed by atoms with Crippen molar-refractivity contribution in [2.75, 3.05) is 26.2 Å². The summed E-state index contributed by atoms with van der Waals surface area (Å²) in [4.78, 5) is 2.75. The molecule has 0 saturated carbocycles. The molecule has 0 aromatic heterocycles. The SMILES string of the molecule is CCC1CNCC1N1CCC(C(C)C)C1. The van der Waals surface area contributed by atoms with E-state index < -0.39 is 0 Å². The molecule has 0 spiro atoms. The molecule has 2 saturated heterocycles. The Morgan fingerprint density at radius 1 is 1.33 bits per heavy atom. The number of nitrogens with one attached hydrogen (secondary N) is 1. The van der Waals surface area contributed by atoms with Gasteiger partial charge in [-0.3, -0.25) is 4.90 Å². The van der Waals surface area contributed by atoms with Crippen LogP contribution in [0.1, 0.15) is 33.6 Å². The minimum absolute atomic E-state index is 0.832. The molecule has 3 unspecified atom stereocenters. The average Bonchev–Trinajstić information content (AvgIpc) is 2.85. The lowest BCUT2D eigenvalue weighted by Crippen LogP contribution is -2.39. The summed E-state index contributed by atoms with van der Waals surface area (Å²) in [7, 11) is 0. The highest BCUT2D eigenvalue weighted by Gasteiger charge is 2.35. The van der Waals surface area contributed by atoms with Gasteiger partial charge >= 0.3 is 0 Å². The van der Waals surface area contributed by atoms with Crippen LogP contribution in [0.5, 0.6) is 0 Å². The fraction of sp³-hybridized carbons (Fsp3) is 1.00. The maximum absolute atomic E-state index is 3.55. The monoisotopic (exact) mass is 210 g/mol. The summed E-state index contributed by atoms with van der Waals surface area (Å²) in [6.07, 6.45) is 2.76. The number of rotatable bonds is 3. The second-order valence-electron chi connectivity index (χ2n) is 5.68. The van der Waals surface area contributed by atoms with E-state index in [1.54, 1.807) is 0 Å². The molecule has 2 rings (SSSR count). The highest BCUT2D eigenvalue weighted by Crippen LogP contribution is 2.29. The Bertz CT molecular complexity index is 203. The van der Waals surface area contributed by atoms with Crippen LogP contribution in [0.4, 0.5) is 0 Å². The fourth-order valence-electron chi connectivity index (χ4n) is 3.22. The summed E-state index contributed by atoms with van der Waals surface area (Å²) in [6.45, 7) is 12.2. The lowest BCUT2D eigenvalue weighted by molar-refractivity contribution is 0.195. The third-order valence-electron chi connectivity index (χ3n) is 4.50. The van der Waals surface area contributed by atoms with Gasteiger partial charge in [-0.05, 0) is 37.3 Å². The first-order chi connectivity index (χ1) is 7.22. The third kappa shape index (κ3) is 2.36. The molecule has 3 atom stereocenters. The van der Waals surface area contributed by atoms with Crippen LogP contribution >= 0.6 is 0 Å². The first-order valence-corrected chi connectivity index (χ1v) is 6.67. The van der Waals surface area contributed by atoms with Gasteiger partial charge in [0.1, 0.15) is 0 Å². The van der Waals surface area contributed by atoms with Crippen molar-refractivity contribution < 1.29 is 0 Å². The molecular formula is C13H26N2. The van der Waals surface area contributed by atoms with Crippen molar-refractivity contribution in [1.29, 1.82) is 0 Å². The number of likely N-dealkylation sites (tertiary alicyclic amines) is 1. The second kappa shape index (κ2) is 4.84. The van der Waals surface area contributed by atoms with Crippen molar-refractivity contribution >= 4 is 0 Å². The van der Waals surface area contributed by atoms with Gasteiger partial charge in [0.2, 0.25) is 0 Å². The van der Waals surface area contributed by atoms with Crippen LogP contribution in [0.15, 0.2) is 0 Å². The van der Waals surface area contributed by atoms with Gasteiger partial charge < -0.3 is 5.32 Å². The van der Waals surface area contributed by atoms with Crippen LogP contribution in [-0.4, -0.2) is 37.1 Å². The summed E-state index contributed by atoms with van der Waals surface area (Å²) in [6, 6.07) is 0.832. The Balaban J connectivity index is 1.89. The van der Waals surface area contributed by atoms with Crippen LogP contribution < -0.4 is 5.32 Å². The molecule has 0 aromatic carbocycles. The van der Waals surface area contributed by atoms with Crippen molar-refractivity contribution in [3.8, 4) is 0 Å². The molecule has 0 aliphatic carbocycles. The molecule has 0 bridgehead atoms. The minimum atomic E-state index is 0.832. The van der Waals surface area contributed by atoms with E-state index in [1.807, 2.05) is 0 Å². The van der Waals surface area contributed by atoms with Gasteiger partial charge in [0.05, 0.1) is 0 Å². The van der Waals surface area contributed by atoms with Crippen LogP contribution in [0, 0.1) is 17.8 Å². The molecule has 0 aromatic rings. The van der Waals surface area contributed by atoms with E-state index in [2.05, 4.69) is 31.0 Å². The van der Waals surface area contributed by atoms with Gasteiger partial charge in [0.25, 0.3) is 0 Å². The molecule has 1 N–H and O–H groups in total. The highest BCUT2D eigenvalue weighted by molar-refractivity contribution is 4.91. The van der Waals surface area contributed by atoms with E-state index in [9.17, 15) is 0 Å². The summed E-state index contributed by atoms with van der Waals surface area (Å²) in [5.74, 6) is 2.71. The van der Waals surface area contributed by atoms with Crippen molar-refractivity contribution in [2.24, 2.45) is 17.8 Å². The van der Waals surface area contributed by atoms with Crippen molar-refractivity contribution in [3.05, 3.63) is 0 Å². The zero-order chi connectivity index (χ0) is 10.8. The van der Waals surface area contributed by atoms with Crippen LogP contribution in [-0.2, 0) is 0 Å². The standard InChI is InChI=1S/C13H26N2/c1-4-11-7-14-8-13(11)15-6-5-12(9-15)10(2)3/h10-14H,4-9H2,1-3H3.